The van der Waals surface area contributed by atoms with E-state index in [0.29, 0.717) is 0 Å². The zero-order valence-electron chi connectivity index (χ0n) is 5.39. The number of rotatable bonds is 2. The lowest BCUT2D eigenvalue weighted by Crippen LogP contribution is -2.15. The lowest BCUT2D eigenvalue weighted by Gasteiger charge is -2.05. The molecule has 12 heavy (non-hydrogen) atoms. The fourth-order valence-electron chi connectivity index (χ4n) is 0.241. The van der Waals surface area contributed by atoms with Crippen molar-refractivity contribution in [1.82, 2.24) is 0 Å². The average molecular weight is 184 g/mol. The Kier molecular flexibility index (Phi) is 2.26. The molecule has 0 rings (SSSR count). The van der Waals surface area contributed by atoms with Crippen molar-refractivity contribution in [3.8, 4) is 5.40 Å². The SMILES string of the molecule is [C-]#[N+]S(=O)(C#N)(N=[N+]=[N-])N=[N+]=[N-]. The first kappa shape index (κ1) is 9.75. The molecular weight excluding hydrogens is 184 g/mol. The molecule has 0 spiro atoms. The van der Waals surface area contributed by atoms with Crippen molar-refractivity contribution in [3.63, 3.8) is 0 Å². The fourth-order valence-corrected chi connectivity index (χ4v) is 0.724. The molecule has 0 heterocycles. The molecule has 0 aromatic heterocycles. The van der Waals surface area contributed by atoms with Gasteiger partial charge in [-0.25, -0.2) is 10.8 Å². The minimum atomic E-state index is -5.20. The van der Waals surface area contributed by atoms with Gasteiger partial charge in [0.1, 0.15) is 0 Å². The minimum Gasteiger partial charge on any atom is -0.209 e. The van der Waals surface area contributed by atoms with E-state index in [2.05, 4.69) is 13.3 Å². The van der Waals surface area contributed by atoms with E-state index in [-0.39, 0.29) is 0 Å². The molecule has 9 nitrogen and oxygen atoms in total. The molecule has 0 aliphatic carbocycles. The van der Waals surface area contributed by atoms with Crippen LogP contribution in [0.15, 0.2) is 9.04 Å². The molecule has 0 saturated heterocycles. The Balaban J connectivity index is 5.96. The van der Waals surface area contributed by atoms with Crippen LogP contribution in [0.2, 0.25) is 0 Å². The van der Waals surface area contributed by atoms with Gasteiger partial charge in [-0.05, 0) is 11.1 Å². The van der Waals surface area contributed by atoms with Gasteiger partial charge in [-0.2, -0.15) is 9.47 Å². The highest BCUT2D eigenvalue weighted by atomic mass is 32.3. The van der Waals surface area contributed by atoms with Crippen LogP contribution >= 0.6 is 0 Å². The summed E-state index contributed by atoms with van der Waals surface area (Å²) in [4.78, 5) is 4.00. The summed E-state index contributed by atoms with van der Waals surface area (Å²) in [5.74, 6) is 0. The lowest BCUT2D eigenvalue weighted by atomic mass is 11.8. The van der Waals surface area contributed by atoms with Crippen LogP contribution in [0.5, 0.6) is 0 Å². The lowest BCUT2D eigenvalue weighted by molar-refractivity contribution is 0.671. The molecule has 0 atom stereocenters. The molecular formula is C2N8OS. The monoisotopic (exact) mass is 184 g/mol. The van der Waals surface area contributed by atoms with Crippen molar-refractivity contribution in [1.29, 1.82) is 5.26 Å². The van der Waals surface area contributed by atoms with E-state index in [4.69, 9.17) is 22.9 Å². The minimum absolute atomic E-state index is 0.901. The van der Waals surface area contributed by atoms with Crippen LogP contribution < -0.4 is 0 Å². The van der Waals surface area contributed by atoms with Crippen LogP contribution in [-0.4, -0.2) is 4.21 Å². The van der Waals surface area contributed by atoms with E-state index in [1.54, 1.807) is 0 Å². The van der Waals surface area contributed by atoms with Crippen molar-refractivity contribution < 1.29 is 4.21 Å². The molecule has 0 fully saturated rings. The first-order valence-corrected chi connectivity index (χ1v) is 4.00. The van der Waals surface area contributed by atoms with Crippen molar-refractivity contribution in [2.45, 2.75) is 0 Å². The third-order valence-corrected chi connectivity index (χ3v) is 2.08. The summed E-state index contributed by atoms with van der Waals surface area (Å²) >= 11 is 0. The molecule has 0 amide bonds. The van der Waals surface area contributed by atoms with Crippen molar-refractivity contribution in [2.75, 3.05) is 0 Å². The molecule has 0 saturated carbocycles. The first-order chi connectivity index (χ1) is 5.54. The number of hydrogen-bond donors (Lipinski definition) is 0. The standard InChI is InChI=1S/C2N8OS/c1-6-12(11,2-3,9-7-4)10-8-5. The number of azide groups is 1. The first-order valence-electron chi connectivity index (χ1n) is 2.17. The second-order valence-electron chi connectivity index (χ2n) is 1.35. The van der Waals surface area contributed by atoms with Gasteiger partial charge in [-0.1, -0.05) is 0 Å². The summed E-state index contributed by atoms with van der Waals surface area (Å²) in [6, 6.07) is 0. The maximum Gasteiger partial charge on any atom is 0.375 e. The summed E-state index contributed by atoms with van der Waals surface area (Å²) in [5, 5.41) is 9.14. The highest BCUT2D eigenvalue weighted by Gasteiger charge is 2.41. The number of hydrogen-bond acceptors (Lipinski definition) is 2. The predicted molar refractivity (Wildman–Crippen MR) is 38.6 cm³/mol. The van der Waals surface area contributed by atoms with Crippen LogP contribution in [-0.2, 0) is 9.62 Å². The van der Waals surface area contributed by atoms with Gasteiger partial charge in [-0.3, -0.25) is 0 Å². The molecule has 0 radical (unpaired) electrons. The second-order valence-corrected chi connectivity index (χ2v) is 3.69. The van der Waals surface area contributed by atoms with Crippen LogP contribution in [0.1, 0.15) is 0 Å². The Morgan fingerprint density at radius 3 is 2.00 bits per heavy atom. The third kappa shape index (κ3) is 1.42. The highest BCUT2D eigenvalue weighted by molar-refractivity contribution is 8.23. The smallest absolute Gasteiger partial charge is 0.209 e. The van der Waals surface area contributed by atoms with Crippen LogP contribution in [0.3, 0.4) is 0 Å². The third-order valence-electron chi connectivity index (χ3n) is 0.692. The van der Waals surface area contributed by atoms with Gasteiger partial charge in [0.25, 0.3) is 0 Å². The van der Waals surface area contributed by atoms with Crippen molar-refractivity contribution in [3.05, 3.63) is 31.7 Å². The summed E-state index contributed by atoms with van der Waals surface area (Å²) in [5.41, 5.74) is 15.7. The molecule has 60 valence electrons. The summed E-state index contributed by atoms with van der Waals surface area (Å²) < 4.78 is 18.2. The van der Waals surface area contributed by atoms with Gasteiger partial charge in [0.05, 0.1) is 9.04 Å². The summed E-state index contributed by atoms with van der Waals surface area (Å²) in [6.07, 6.45) is 0. The van der Waals surface area contributed by atoms with Gasteiger partial charge in [0, 0.05) is 9.82 Å². The number of thiocyanates is 1. The van der Waals surface area contributed by atoms with Gasteiger partial charge in [-0.15, -0.1) is 0 Å². The Bertz CT molecular complexity index is 393. The second kappa shape index (κ2) is 2.78. The Morgan fingerprint density at radius 2 is 1.83 bits per heavy atom. The van der Waals surface area contributed by atoms with E-state index >= 15 is 0 Å². The van der Waals surface area contributed by atoms with E-state index in [0.717, 1.165) is 5.40 Å². The molecule has 0 unspecified atom stereocenters. The van der Waals surface area contributed by atoms with Crippen molar-refractivity contribution >= 4 is 9.62 Å². The van der Waals surface area contributed by atoms with Crippen LogP contribution in [0.25, 0.3) is 25.1 Å². The Morgan fingerprint density at radius 1 is 1.42 bits per heavy atom. The maximum atomic E-state index is 11.2. The Hall–Kier alpha value is -2.25. The van der Waals surface area contributed by atoms with Crippen molar-refractivity contribution in [2.24, 2.45) is 9.04 Å². The largest absolute Gasteiger partial charge is 0.375 e. The fraction of sp³-hybridized carbons (Fsp3) is 0. The van der Waals surface area contributed by atoms with Crippen LogP contribution in [0.4, 0.5) is 0 Å². The van der Waals surface area contributed by atoms with E-state index in [9.17, 15) is 4.21 Å². The van der Waals surface area contributed by atoms with Gasteiger partial charge >= 0.3 is 9.62 Å². The summed E-state index contributed by atoms with van der Waals surface area (Å²) in [7, 11) is -5.20. The quantitative estimate of drug-likeness (QED) is 0.211. The van der Waals surface area contributed by atoms with E-state index < -0.39 is 9.62 Å². The summed E-state index contributed by atoms with van der Waals surface area (Å²) in [6.45, 7) is 6.32. The number of nitriles is 1. The predicted octanol–water partition coefficient (Wildman–Crippen LogP) is 1.57. The van der Waals surface area contributed by atoms with Crippen LogP contribution in [0, 0.1) is 17.2 Å². The molecule has 0 aliphatic heterocycles. The topological polar surface area (TPSA) is 143 Å². The average Bonchev–Trinajstić information content (AvgIpc) is 2.06. The van der Waals surface area contributed by atoms with E-state index in [1.807, 2.05) is 9.82 Å². The maximum absolute atomic E-state index is 11.2. The zero-order chi connectivity index (χ0) is 9.69. The molecule has 0 aromatic carbocycles. The Labute approximate surface area is 66.1 Å². The highest BCUT2D eigenvalue weighted by Crippen LogP contribution is 2.30. The van der Waals surface area contributed by atoms with E-state index in [1.165, 1.54) is 0 Å². The molecule has 10 heteroatoms. The van der Waals surface area contributed by atoms with Gasteiger partial charge < -0.3 is 0 Å². The molecule has 0 N–H and O–H groups in total. The van der Waals surface area contributed by atoms with Gasteiger partial charge in [0.15, 0.2) is 0 Å². The zero-order valence-corrected chi connectivity index (χ0v) is 6.21. The number of nitrogens with zero attached hydrogens (tertiary/aromatic N) is 8. The molecule has 0 aromatic rings. The van der Waals surface area contributed by atoms with Gasteiger partial charge in [0.2, 0.25) is 5.40 Å². The molecule has 0 bridgehead atoms. The normalized spacial score (nSPS) is 11.7. The molecule has 0 aliphatic rings.